The molecular weight excluding hydrogens is 355 g/mol. The molecule has 0 bridgehead atoms. The average molecular weight is 373 g/mol. The van der Waals surface area contributed by atoms with Crippen LogP contribution in [0.1, 0.15) is 42.5 Å². The molecule has 1 fully saturated rings. The highest BCUT2D eigenvalue weighted by atomic mass is 35.5. The molecule has 8 heteroatoms. The van der Waals surface area contributed by atoms with Crippen LogP contribution in [0.15, 0.2) is 18.2 Å². The number of carbonyl (C=O) groups excluding carboxylic acids is 3. The molecule has 2 N–H and O–H groups in total. The first-order chi connectivity index (χ1) is 11.5. The number of halogens is 2. The van der Waals surface area contributed by atoms with Crippen LogP contribution < -0.4 is 10.6 Å². The van der Waals surface area contributed by atoms with Crippen LogP contribution in [-0.2, 0) is 9.53 Å². The lowest BCUT2D eigenvalue weighted by molar-refractivity contribution is -0.123. The Hall–Kier alpha value is -1.79. The highest BCUT2D eigenvalue weighted by Gasteiger charge is 2.18. The van der Waals surface area contributed by atoms with Crippen LogP contribution in [0.4, 0.5) is 4.79 Å². The lowest BCUT2D eigenvalue weighted by Crippen LogP contribution is -2.46. The molecule has 2 rings (SSSR count). The third-order valence-electron chi connectivity index (χ3n) is 3.68. The van der Waals surface area contributed by atoms with Crippen LogP contribution in [-0.4, -0.2) is 30.6 Å². The van der Waals surface area contributed by atoms with Crippen molar-refractivity contribution in [3.63, 3.8) is 0 Å². The summed E-state index contributed by atoms with van der Waals surface area (Å²) in [7, 11) is 0. The molecule has 0 unspecified atom stereocenters. The molecule has 24 heavy (non-hydrogen) atoms. The predicted molar refractivity (Wildman–Crippen MR) is 90.3 cm³/mol. The number of hydrogen-bond donors (Lipinski definition) is 2. The Labute approximate surface area is 149 Å². The first kappa shape index (κ1) is 18.5. The van der Waals surface area contributed by atoms with Gasteiger partial charge in [-0.05, 0) is 31.0 Å². The van der Waals surface area contributed by atoms with Gasteiger partial charge in [-0.15, -0.1) is 0 Å². The molecule has 1 aliphatic rings. The Balaban J connectivity index is 1.76. The number of esters is 1. The van der Waals surface area contributed by atoms with Crippen LogP contribution in [0.25, 0.3) is 0 Å². The molecule has 130 valence electrons. The first-order valence-corrected chi connectivity index (χ1v) is 8.44. The monoisotopic (exact) mass is 372 g/mol. The SMILES string of the molecule is O=C(COC(=O)c1cc(Cl)ccc1Cl)NC(=O)NC1CCCCC1. The lowest BCUT2D eigenvalue weighted by atomic mass is 9.96. The minimum atomic E-state index is -0.787. The van der Waals surface area contributed by atoms with Crippen LogP contribution in [0, 0.1) is 0 Å². The van der Waals surface area contributed by atoms with Gasteiger partial charge in [-0.1, -0.05) is 42.5 Å². The van der Waals surface area contributed by atoms with Gasteiger partial charge in [-0.25, -0.2) is 9.59 Å². The summed E-state index contributed by atoms with van der Waals surface area (Å²) < 4.78 is 4.84. The molecule has 0 aromatic heterocycles. The number of rotatable bonds is 4. The second kappa shape index (κ2) is 8.89. The van der Waals surface area contributed by atoms with Crippen LogP contribution >= 0.6 is 23.2 Å². The van der Waals surface area contributed by atoms with Gasteiger partial charge >= 0.3 is 12.0 Å². The zero-order valence-corrected chi connectivity index (χ0v) is 14.5. The molecule has 0 saturated heterocycles. The summed E-state index contributed by atoms with van der Waals surface area (Å²) in [4.78, 5) is 35.3. The van der Waals surface area contributed by atoms with E-state index in [1.807, 2.05) is 0 Å². The van der Waals surface area contributed by atoms with Gasteiger partial charge in [0.25, 0.3) is 5.91 Å². The lowest BCUT2D eigenvalue weighted by Gasteiger charge is -2.22. The smallest absolute Gasteiger partial charge is 0.340 e. The Morgan fingerprint density at radius 3 is 2.54 bits per heavy atom. The molecule has 6 nitrogen and oxygen atoms in total. The van der Waals surface area contributed by atoms with Crippen molar-refractivity contribution in [2.24, 2.45) is 0 Å². The fourth-order valence-electron chi connectivity index (χ4n) is 2.49. The molecule has 1 aliphatic carbocycles. The van der Waals surface area contributed by atoms with Crippen LogP contribution in [0.2, 0.25) is 10.0 Å². The van der Waals surface area contributed by atoms with Gasteiger partial charge in [0.05, 0.1) is 10.6 Å². The summed E-state index contributed by atoms with van der Waals surface area (Å²) in [6.07, 6.45) is 5.11. The number of ether oxygens (including phenoxy) is 1. The zero-order chi connectivity index (χ0) is 17.5. The van der Waals surface area contributed by atoms with Gasteiger partial charge < -0.3 is 10.1 Å². The van der Waals surface area contributed by atoms with Crippen molar-refractivity contribution in [1.29, 1.82) is 0 Å². The van der Waals surface area contributed by atoms with E-state index < -0.39 is 24.5 Å². The van der Waals surface area contributed by atoms with Gasteiger partial charge in [-0.3, -0.25) is 10.1 Å². The van der Waals surface area contributed by atoms with E-state index in [0.29, 0.717) is 5.02 Å². The van der Waals surface area contributed by atoms with Gasteiger partial charge in [0.15, 0.2) is 6.61 Å². The van der Waals surface area contributed by atoms with E-state index in [9.17, 15) is 14.4 Å². The molecule has 0 spiro atoms. The molecule has 0 radical (unpaired) electrons. The third-order valence-corrected chi connectivity index (χ3v) is 4.24. The highest BCUT2D eigenvalue weighted by Crippen LogP contribution is 2.21. The maximum absolute atomic E-state index is 11.9. The molecule has 0 aliphatic heterocycles. The minimum absolute atomic E-state index is 0.0589. The van der Waals surface area contributed by atoms with E-state index in [4.69, 9.17) is 27.9 Å². The summed E-state index contributed by atoms with van der Waals surface area (Å²) in [6, 6.07) is 3.84. The largest absolute Gasteiger partial charge is 0.452 e. The number of benzene rings is 1. The molecule has 1 saturated carbocycles. The average Bonchev–Trinajstić information content (AvgIpc) is 2.55. The van der Waals surface area contributed by atoms with E-state index in [1.165, 1.54) is 24.6 Å². The van der Waals surface area contributed by atoms with E-state index in [0.717, 1.165) is 25.7 Å². The Morgan fingerprint density at radius 1 is 1.12 bits per heavy atom. The van der Waals surface area contributed by atoms with Crippen molar-refractivity contribution in [2.45, 2.75) is 38.1 Å². The molecule has 1 aromatic rings. The normalized spacial score (nSPS) is 14.8. The van der Waals surface area contributed by atoms with E-state index >= 15 is 0 Å². The van der Waals surface area contributed by atoms with Crippen molar-refractivity contribution in [1.82, 2.24) is 10.6 Å². The maximum Gasteiger partial charge on any atom is 0.340 e. The van der Waals surface area contributed by atoms with Gasteiger partial charge in [0, 0.05) is 11.1 Å². The van der Waals surface area contributed by atoms with Crippen LogP contribution in [0.3, 0.4) is 0 Å². The number of hydrogen-bond acceptors (Lipinski definition) is 4. The summed E-state index contributed by atoms with van der Waals surface area (Å²) in [5.41, 5.74) is 0.0589. The number of amides is 3. The summed E-state index contributed by atoms with van der Waals surface area (Å²) in [5, 5.41) is 5.36. The molecular formula is C16H18Cl2N2O4. The summed E-state index contributed by atoms with van der Waals surface area (Å²) >= 11 is 11.7. The first-order valence-electron chi connectivity index (χ1n) is 7.68. The number of carbonyl (C=O) groups is 3. The van der Waals surface area contributed by atoms with E-state index in [2.05, 4.69) is 10.6 Å². The quantitative estimate of drug-likeness (QED) is 0.793. The number of urea groups is 1. The fourth-order valence-corrected chi connectivity index (χ4v) is 2.86. The summed E-state index contributed by atoms with van der Waals surface area (Å²) in [6.45, 7) is -0.584. The topological polar surface area (TPSA) is 84.5 Å². The number of nitrogens with one attached hydrogen (secondary N) is 2. The molecule has 3 amide bonds. The molecule has 1 aromatic carbocycles. The standard InChI is InChI=1S/C16H18Cl2N2O4/c17-10-6-7-13(18)12(8-10)15(22)24-9-14(21)20-16(23)19-11-4-2-1-3-5-11/h6-8,11H,1-5,9H2,(H2,19,20,21,23). The summed E-state index contributed by atoms with van der Waals surface area (Å²) in [5.74, 6) is -1.50. The number of imide groups is 1. The highest BCUT2D eigenvalue weighted by molar-refractivity contribution is 6.35. The van der Waals surface area contributed by atoms with Crippen molar-refractivity contribution in [3.8, 4) is 0 Å². The minimum Gasteiger partial charge on any atom is -0.452 e. The van der Waals surface area contributed by atoms with E-state index in [-0.39, 0.29) is 16.6 Å². The van der Waals surface area contributed by atoms with Crippen molar-refractivity contribution in [2.75, 3.05) is 6.61 Å². The van der Waals surface area contributed by atoms with Crippen molar-refractivity contribution < 1.29 is 19.1 Å². The zero-order valence-electron chi connectivity index (χ0n) is 12.9. The fraction of sp³-hybridized carbons (Fsp3) is 0.438. The van der Waals surface area contributed by atoms with Gasteiger partial charge in [0.2, 0.25) is 0 Å². The second-order valence-corrected chi connectivity index (χ2v) is 6.40. The Kier molecular flexibility index (Phi) is 6.87. The van der Waals surface area contributed by atoms with Crippen molar-refractivity contribution in [3.05, 3.63) is 33.8 Å². The maximum atomic E-state index is 11.9. The second-order valence-electron chi connectivity index (χ2n) is 5.56. The predicted octanol–water partition coefficient (Wildman–Crippen LogP) is 3.31. The molecule has 0 atom stereocenters. The van der Waals surface area contributed by atoms with Crippen LogP contribution in [0.5, 0.6) is 0 Å². The Morgan fingerprint density at radius 2 is 1.83 bits per heavy atom. The molecule has 0 heterocycles. The van der Waals surface area contributed by atoms with Gasteiger partial charge in [0.1, 0.15) is 0 Å². The third kappa shape index (κ3) is 5.69. The van der Waals surface area contributed by atoms with Crippen molar-refractivity contribution >= 4 is 41.1 Å². The van der Waals surface area contributed by atoms with E-state index in [1.54, 1.807) is 0 Å². The van der Waals surface area contributed by atoms with Gasteiger partial charge in [-0.2, -0.15) is 0 Å². The Bertz CT molecular complexity index is 631.